The number of nitro groups is 1. The SMILES string of the molecule is Cc1ccccc1CN(C(=O)CN(c1cccc([N+](=O)[O-])c1)S(=O)(=O)c1ccccc1)[C@H](C)C(=O)NC(C)C. The Morgan fingerprint density at radius 2 is 1.59 bits per heavy atom. The van der Waals surface area contributed by atoms with E-state index in [1.165, 1.54) is 35.2 Å². The lowest BCUT2D eigenvalue weighted by Crippen LogP contribution is -2.52. The van der Waals surface area contributed by atoms with Crippen molar-refractivity contribution in [3.63, 3.8) is 0 Å². The number of non-ortho nitro benzene ring substituents is 1. The Morgan fingerprint density at radius 1 is 0.949 bits per heavy atom. The maximum atomic E-state index is 13.9. The average Bonchev–Trinajstić information content (AvgIpc) is 2.90. The maximum Gasteiger partial charge on any atom is 0.271 e. The van der Waals surface area contributed by atoms with Crippen molar-refractivity contribution in [1.29, 1.82) is 0 Å². The Kier molecular flexibility index (Phi) is 9.42. The summed E-state index contributed by atoms with van der Waals surface area (Å²) in [5.74, 6) is -1.03. The first-order chi connectivity index (χ1) is 18.4. The van der Waals surface area contributed by atoms with Crippen LogP contribution in [0.25, 0.3) is 0 Å². The van der Waals surface area contributed by atoms with Gasteiger partial charge < -0.3 is 10.2 Å². The fourth-order valence-electron chi connectivity index (χ4n) is 3.97. The van der Waals surface area contributed by atoms with Crippen LogP contribution in [0.4, 0.5) is 11.4 Å². The van der Waals surface area contributed by atoms with Crippen LogP contribution in [0.1, 0.15) is 31.9 Å². The van der Waals surface area contributed by atoms with E-state index in [9.17, 15) is 28.1 Å². The average molecular weight is 553 g/mol. The van der Waals surface area contributed by atoms with Crippen molar-refractivity contribution in [3.05, 3.63) is 100 Å². The molecule has 1 N–H and O–H groups in total. The number of hydrogen-bond donors (Lipinski definition) is 1. The number of aryl methyl sites for hydroxylation is 1. The quantitative estimate of drug-likeness (QED) is 0.282. The van der Waals surface area contributed by atoms with Gasteiger partial charge in [0, 0.05) is 24.7 Å². The Labute approximate surface area is 228 Å². The van der Waals surface area contributed by atoms with E-state index in [0.29, 0.717) is 0 Å². The van der Waals surface area contributed by atoms with Crippen LogP contribution in [0.2, 0.25) is 0 Å². The minimum atomic E-state index is -4.31. The largest absolute Gasteiger partial charge is 0.352 e. The molecule has 0 aliphatic carbocycles. The van der Waals surface area contributed by atoms with Gasteiger partial charge in [0.2, 0.25) is 11.8 Å². The fourth-order valence-corrected chi connectivity index (χ4v) is 5.40. The van der Waals surface area contributed by atoms with Crippen LogP contribution >= 0.6 is 0 Å². The Bertz CT molecular complexity index is 1440. The number of amides is 2. The molecule has 3 rings (SSSR count). The summed E-state index contributed by atoms with van der Waals surface area (Å²) in [6.07, 6.45) is 0. The minimum absolute atomic E-state index is 0.0449. The van der Waals surface area contributed by atoms with E-state index in [1.54, 1.807) is 39.0 Å². The Hall–Kier alpha value is -4.25. The highest BCUT2D eigenvalue weighted by atomic mass is 32.2. The van der Waals surface area contributed by atoms with E-state index < -0.39 is 33.4 Å². The molecule has 11 heteroatoms. The van der Waals surface area contributed by atoms with Crippen molar-refractivity contribution >= 4 is 33.2 Å². The predicted octanol–water partition coefficient (Wildman–Crippen LogP) is 4.04. The third kappa shape index (κ3) is 7.20. The second-order valence-electron chi connectivity index (χ2n) is 9.39. The van der Waals surface area contributed by atoms with Gasteiger partial charge in [0.15, 0.2) is 0 Å². The molecule has 3 aromatic rings. The second kappa shape index (κ2) is 12.5. The van der Waals surface area contributed by atoms with E-state index in [2.05, 4.69) is 5.32 Å². The molecule has 206 valence electrons. The van der Waals surface area contributed by atoms with Crippen LogP contribution in [0.15, 0.2) is 83.8 Å². The lowest BCUT2D eigenvalue weighted by atomic mass is 10.1. The summed E-state index contributed by atoms with van der Waals surface area (Å²) in [5.41, 5.74) is 1.33. The van der Waals surface area contributed by atoms with Crippen molar-refractivity contribution in [1.82, 2.24) is 10.2 Å². The molecule has 0 unspecified atom stereocenters. The molecule has 0 aliphatic rings. The summed E-state index contributed by atoms with van der Waals surface area (Å²) in [5, 5.41) is 14.2. The van der Waals surface area contributed by atoms with Gasteiger partial charge in [0.25, 0.3) is 15.7 Å². The highest BCUT2D eigenvalue weighted by Crippen LogP contribution is 2.27. The topological polar surface area (TPSA) is 130 Å². The van der Waals surface area contributed by atoms with Crippen LogP contribution in [0, 0.1) is 17.0 Å². The van der Waals surface area contributed by atoms with E-state index >= 15 is 0 Å². The van der Waals surface area contributed by atoms with Gasteiger partial charge in [0.05, 0.1) is 15.5 Å². The molecule has 39 heavy (non-hydrogen) atoms. The summed E-state index contributed by atoms with van der Waals surface area (Å²) >= 11 is 0. The summed E-state index contributed by atoms with van der Waals surface area (Å²) in [4.78, 5) is 38.9. The van der Waals surface area contributed by atoms with Crippen LogP contribution in [-0.2, 0) is 26.2 Å². The molecule has 0 saturated carbocycles. The third-order valence-electron chi connectivity index (χ3n) is 6.14. The molecule has 0 radical (unpaired) electrons. The van der Waals surface area contributed by atoms with Crippen LogP contribution < -0.4 is 9.62 Å². The second-order valence-corrected chi connectivity index (χ2v) is 11.3. The highest BCUT2D eigenvalue weighted by Gasteiger charge is 2.33. The maximum absolute atomic E-state index is 13.9. The first-order valence-corrected chi connectivity index (χ1v) is 13.8. The Balaban J connectivity index is 2.08. The lowest BCUT2D eigenvalue weighted by Gasteiger charge is -2.32. The van der Waals surface area contributed by atoms with Gasteiger partial charge in [-0.3, -0.25) is 24.0 Å². The first kappa shape index (κ1) is 29.3. The molecular formula is C28H32N4O6S. The van der Waals surface area contributed by atoms with Crippen molar-refractivity contribution in [2.45, 2.75) is 51.2 Å². The van der Waals surface area contributed by atoms with Crippen LogP contribution in [-0.4, -0.2) is 48.7 Å². The zero-order chi connectivity index (χ0) is 28.7. The van der Waals surface area contributed by atoms with Gasteiger partial charge in [-0.15, -0.1) is 0 Å². The zero-order valence-corrected chi connectivity index (χ0v) is 23.1. The number of anilines is 1. The van der Waals surface area contributed by atoms with Gasteiger partial charge in [0.1, 0.15) is 12.6 Å². The van der Waals surface area contributed by atoms with E-state index in [-0.39, 0.29) is 34.8 Å². The number of carbonyl (C=O) groups is 2. The molecule has 0 saturated heterocycles. The molecule has 3 aromatic carbocycles. The molecule has 0 heterocycles. The normalized spacial score (nSPS) is 12.0. The number of carbonyl (C=O) groups excluding carboxylic acids is 2. The molecule has 2 amide bonds. The molecule has 0 bridgehead atoms. The molecule has 10 nitrogen and oxygen atoms in total. The number of nitro benzene ring substituents is 1. The summed E-state index contributed by atoms with van der Waals surface area (Å²) in [6, 6.07) is 18.9. The molecular weight excluding hydrogens is 520 g/mol. The van der Waals surface area contributed by atoms with Crippen molar-refractivity contribution in [3.8, 4) is 0 Å². The van der Waals surface area contributed by atoms with Gasteiger partial charge in [-0.1, -0.05) is 48.5 Å². The number of rotatable bonds is 11. The zero-order valence-electron chi connectivity index (χ0n) is 22.3. The third-order valence-corrected chi connectivity index (χ3v) is 7.93. The minimum Gasteiger partial charge on any atom is -0.352 e. The molecule has 0 spiro atoms. The lowest BCUT2D eigenvalue weighted by molar-refractivity contribution is -0.384. The molecule has 0 fully saturated rings. The van der Waals surface area contributed by atoms with Crippen LogP contribution in [0.5, 0.6) is 0 Å². The van der Waals surface area contributed by atoms with Crippen molar-refractivity contribution in [2.75, 3.05) is 10.8 Å². The molecule has 0 aromatic heterocycles. The number of nitrogens with zero attached hydrogens (tertiary/aromatic N) is 3. The van der Waals surface area contributed by atoms with Gasteiger partial charge in [-0.2, -0.15) is 0 Å². The molecule has 1 atom stereocenters. The van der Waals surface area contributed by atoms with Gasteiger partial charge >= 0.3 is 0 Å². The summed E-state index contributed by atoms with van der Waals surface area (Å²) in [7, 11) is -4.31. The fraction of sp³-hybridized carbons (Fsp3) is 0.286. The number of hydrogen-bond acceptors (Lipinski definition) is 6. The highest BCUT2D eigenvalue weighted by molar-refractivity contribution is 7.92. The standard InChI is InChI=1S/C28H32N4O6S/c1-20(2)29-28(34)22(4)30(18-23-12-9-8-11-21(23)3)27(33)19-31(24-13-10-14-25(17-24)32(35)36)39(37,38)26-15-6-5-7-16-26/h5-17,20,22H,18-19H2,1-4H3,(H,29,34)/t22-/m1/s1. The molecule has 0 aliphatic heterocycles. The van der Waals surface area contributed by atoms with E-state index in [1.807, 2.05) is 31.2 Å². The monoisotopic (exact) mass is 552 g/mol. The van der Waals surface area contributed by atoms with Crippen molar-refractivity contribution < 1.29 is 22.9 Å². The van der Waals surface area contributed by atoms with E-state index in [4.69, 9.17) is 0 Å². The predicted molar refractivity (Wildman–Crippen MR) is 149 cm³/mol. The first-order valence-electron chi connectivity index (χ1n) is 12.4. The van der Waals surface area contributed by atoms with Crippen molar-refractivity contribution in [2.24, 2.45) is 0 Å². The Morgan fingerprint density at radius 3 is 2.21 bits per heavy atom. The van der Waals surface area contributed by atoms with Gasteiger partial charge in [-0.05, 0) is 57.0 Å². The van der Waals surface area contributed by atoms with Crippen LogP contribution in [0.3, 0.4) is 0 Å². The smallest absolute Gasteiger partial charge is 0.271 e. The summed E-state index contributed by atoms with van der Waals surface area (Å²) in [6.45, 7) is 6.45. The van der Waals surface area contributed by atoms with E-state index in [0.717, 1.165) is 21.5 Å². The summed E-state index contributed by atoms with van der Waals surface area (Å²) < 4.78 is 28.3. The van der Waals surface area contributed by atoms with Gasteiger partial charge in [-0.25, -0.2) is 8.42 Å². The number of benzene rings is 3. The number of sulfonamides is 1. The number of nitrogens with one attached hydrogen (secondary N) is 1.